The summed E-state index contributed by atoms with van der Waals surface area (Å²) in [5.41, 5.74) is 5.85. The zero-order valence-corrected chi connectivity index (χ0v) is 8.84. The van der Waals surface area contributed by atoms with Crippen molar-refractivity contribution in [3.8, 4) is 5.75 Å². The number of carbonyl (C=O) groups excluding carboxylic acids is 1. The van der Waals surface area contributed by atoms with Gasteiger partial charge in [0.1, 0.15) is 5.75 Å². The molecule has 0 atom stereocenters. The van der Waals surface area contributed by atoms with E-state index in [4.69, 9.17) is 10.5 Å². The first-order chi connectivity index (χ1) is 6.27. The van der Waals surface area contributed by atoms with Crippen LogP contribution in [-0.2, 0) is 0 Å². The second kappa shape index (κ2) is 6.40. The molecule has 2 N–H and O–H groups in total. The van der Waals surface area contributed by atoms with Gasteiger partial charge in [0.2, 0.25) is 0 Å². The molecule has 4 heteroatoms. The quantitative estimate of drug-likeness (QED) is 0.778. The van der Waals surface area contributed by atoms with Gasteiger partial charge in [-0.25, -0.2) is 0 Å². The smallest absolute Gasteiger partial charge is 0.176 e. The van der Waals surface area contributed by atoms with Crippen molar-refractivity contribution in [2.24, 2.45) is 5.73 Å². The Balaban J connectivity index is 0.00000169. The van der Waals surface area contributed by atoms with Gasteiger partial charge in [-0.15, -0.1) is 12.4 Å². The Labute approximate surface area is 89.7 Å². The van der Waals surface area contributed by atoms with Crippen LogP contribution in [0.25, 0.3) is 0 Å². The molecule has 78 valence electrons. The van der Waals surface area contributed by atoms with Crippen LogP contribution in [0, 0.1) is 0 Å². The lowest BCUT2D eigenvalue weighted by atomic mass is 10.1. The molecule has 0 aromatic heterocycles. The molecule has 0 aliphatic heterocycles. The number of halogens is 1. The molecule has 0 aliphatic carbocycles. The van der Waals surface area contributed by atoms with Gasteiger partial charge in [-0.1, -0.05) is 0 Å². The Morgan fingerprint density at radius 1 is 1.36 bits per heavy atom. The third kappa shape index (κ3) is 3.36. The largest absolute Gasteiger partial charge is 0.494 e. The van der Waals surface area contributed by atoms with Gasteiger partial charge in [0.25, 0.3) is 0 Å². The first-order valence-corrected chi connectivity index (χ1v) is 4.24. The lowest BCUT2D eigenvalue weighted by Gasteiger charge is -2.03. The predicted molar refractivity (Wildman–Crippen MR) is 58.2 cm³/mol. The average molecular weight is 216 g/mol. The number of rotatable bonds is 4. The molecule has 14 heavy (non-hydrogen) atoms. The van der Waals surface area contributed by atoms with Crippen LogP contribution < -0.4 is 10.5 Å². The summed E-state index contributed by atoms with van der Waals surface area (Å²) in [6.45, 7) is 2.59. The van der Waals surface area contributed by atoms with Crippen LogP contribution in [0.4, 0.5) is 0 Å². The maximum absolute atomic E-state index is 11.1. The summed E-state index contributed by atoms with van der Waals surface area (Å²) in [4.78, 5) is 11.1. The zero-order valence-electron chi connectivity index (χ0n) is 8.03. The van der Waals surface area contributed by atoms with E-state index in [2.05, 4.69) is 0 Å². The Kier molecular flexibility index (Phi) is 5.92. The highest BCUT2D eigenvalue weighted by atomic mass is 35.5. The van der Waals surface area contributed by atoms with Crippen molar-refractivity contribution in [2.75, 3.05) is 13.2 Å². The van der Waals surface area contributed by atoms with E-state index in [-0.39, 0.29) is 24.7 Å². The molecule has 0 amide bonds. The molecule has 1 aromatic rings. The highest BCUT2D eigenvalue weighted by Crippen LogP contribution is 2.11. The summed E-state index contributed by atoms with van der Waals surface area (Å²) in [5, 5.41) is 0. The first kappa shape index (κ1) is 12.9. The number of ether oxygens (including phenoxy) is 1. The number of ketones is 1. The summed E-state index contributed by atoms with van der Waals surface area (Å²) >= 11 is 0. The van der Waals surface area contributed by atoms with Gasteiger partial charge in [-0.05, 0) is 31.2 Å². The average Bonchev–Trinajstić information content (AvgIpc) is 2.18. The maximum Gasteiger partial charge on any atom is 0.176 e. The molecule has 0 saturated carbocycles. The SMILES string of the molecule is CCOc1ccc(C(=O)CN)cc1.Cl. The van der Waals surface area contributed by atoms with Gasteiger partial charge in [-0.2, -0.15) is 0 Å². The van der Waals surface area contributed by atoms with E-state index in [1.54, 1.807) is 24.3 Å². The molecule has 0 heterocycles. The highest BCUT2D eigenvalue weighted by molar-refractivity contribution is 5.97. The van der Waals surface area contributed by atoms with Crippen molar-refractivity contribution in [1.82, 2.24) is 0 Å². The van der Waals surface area contributed by atoms with E-state index in [0.29, 0.717) is 12.2 Å². The van der Waals surface area contributed by atoms with Crippen molar-refractivity contribution in [3.05, 3.63) is 29.8 Å². The molecule has 3 nitrogen and oxygen atoms in total. The summed E-state index contributed by atoms with van der Waals surface area (Å²) in [6, 6.07) is 6.99. The molecule has 0 spiro atoms. The Morgan fingerprint density at radius 2 is 1.93 bits per heavy atom. The lowest BCUT2D eigenvalue weighted by molar-refractivity contribution is 0.100. The fourth-order valence-corrected chi connectivity index (χ4v) is 1.02. The topological polar surface area (TPSA) is 52.3 Å². The van der Waals surface area contributed by atoms with E-state index in [1.807, 2.05) is 6.92 Å². The summed E-state index contributed by atoms with van der Waals surface area (Å²) in [6.07, 6.45) is 0. The van der Waals surface area contributed by atoms with E-state index < -0.39 is 0 Å². The van der Waals surface area contributed by atoms with Crippen LogP contribution in [0.5, 0.6) is 5.75 Å². The van der Waals surface area contributed by atoms with Crippen molar-refractivity contribution in [2.45, 2.75) is 6.92 Å². The van der Waals surface area contributed by atoms with Crippen LogP contribution in [0.3, 0.4) is 0 Å². The second-order valence-electron chi connectivity index (χ2n) is 2.58. The number of Topliss-reactive ketones (excluding diaryl/α,β-unsaturated/α-hetero) is 1. The van der Waals surface area contributed by atoms with Gasteiger partial charge in [-0.3, -0.25) is 4.79 Å². The molecule has 0 saturated heterocycles. The highest BCUT2D eigenvalue weighted by Gasteiger charge is 2.02. The monoisotopic (exact) mass is 215 g/mol. The minimum absolute atomic E-state index is 0. The molecule has 0 unspecified atom stereocenters. The number of hydrogen-bond acceptors (Lipinski definition) is 3. The number of benzene rings is 1. The predicted octanol–water partition coefficient (Wildman–Crippen LogP) is 1.65. The number of carbonyl (C=O) groups is 1. The summed E-state index contributed by atoms with van der Waals surface area (Å²) in [5.74, 6) is 0.721. The van der Waals surface area contributed by atoms with Crippen molar-refractivity contribution in [1.29, 1.82) is 0 Å². The normalized spacial score (nSPS) is 9.00. The van der Waals surface area contributed by atoms with E-state index >= 15 is 0 Å². The molecule has 0 bridgehead atoms. The fraction of sp³-hybridized carbons (Fsp3) is 0.300. The number of nitrogens with two attached hydrogens (primary N) is 1. The van der Waals surface area contributed by atoms with Crippen LogP contribution in [0.1, 0.15) is 17.3 Å². The molecular weight excluding hydrogens is 202 g/mol. The first-order valence-electron chi connectivity index (χ1n) is 4.24. The van der Waals surface area contributed by atoms with E-state index in [9.17, 15) is 4.79 Å². The van der Waals surface area contributed by atoms with E-state index in [0.717, 1.165) is 5.75 Å². The summed E-state index contributed by atoms with van der Waals surface area (Å²) in [7, 11) is 0. The van der Waals surface area contributed by atoms with Crippen LogP contribution in [-0.4, -0.2) is 18.9 Å². The van der Waals surface area contributed by atoms with Crippen LogP contribution in [0.15, 0.2) is 24.3 Å². The fourth-order valence-electron chi connectivity index (χ4n) is 1.02. The van der Waals surface area contributed by atoms with Crippen molar-refractivity contribution in [3.63, 3.8) is 0 Å². The van der Waals surface area contributed by atoms with Gasteiger partial charge < -0.3 is 10.5 Å². The van der Waals surface area contributed by atoms with Crippen molar-refractivity contribution < 1.29 is 9.53 Å². The third-order valence-corrected chi connectivity index (χ3v) is 1.67. The van der Waals surface area contributed by atoms with E-state index in [1.165, 1.54) is 0 Å². The third-order valence-electron chi connectivity index (χ3n) is 1.67. The van der Waals surface area contributed by atoms with Crippen LogP contribution in [0.2, 0.25) is 0 Å². The van der Waals surface area contributed by atoms with Gasteiger partial charge in [0, 0.05) is 5.56 Å². The Morgan fingerprint density at radius 3 is 2.36 bits per heavy atom. The van der Waals surface area contributed by atoms with Crippen LogP contribution >= 0.6 is 12.4 Å². The molecule has 0 aliphatic rings. The maximum atomic E-state index is 11.1. The molecule has 0 radical (unpaired) electrons. The van der Waals surface area contributed by atoms with Gasteiger partial charge in [0.15, 0.2) is 5.78 Å². The Bertz CT molecular complexity index is 285. The minimum Gasteiger partial charge on any atom is -0.494 e. The molecule has 1 rings (SSSR count). The number of hydrogen-bond donors (Lipinski definition) is 1. The molecular formula is C10H14ClNO2. The van der Waals surface area contributed by atoms with Gasteiger partial charge >= 0.3 is 0 Å². The second-order valence-corrected chi connectivity index (χ2v) is 2.58. The summed E-state index contributed by atoms with van der Waals surface area (Å²) < 4.78 is 5.23. The minimum atomic E-state index is -0.0527. The zero-order chi connectivity index (χ0) is 9.68. The van der Waals surface area contributed by atoms with Crippen molar-refractivity contribution >= 4 is 18.2 Å². The van der Waals surface area contributed by atoms with Gasteiger partial charge in [0.05, 0.1) is 13.2 Å². The lowest BCUT2D eigenvalue weighted by Crippen LogP contribution is -2.13. The Hall–Kier alpha value is -1.06. The standard InChI is InChI=1S/C10H13NO2.ClH/c1-2-13-9-5-3-8(4-6-9)10(12)7-11;/h3-6H,2,7,11H2,1H3;1H. The molecule has 0 fully saturated rings. The molecule has 1 aromatic carbocycles.